The van der Waals surface area contributed by atoms with Crippen molar-refractivity contribution in [1.82, 2.24) is 5.32 Å². The first kappa shape index (κ1) is 15.0. The molecule has 110 valence electrons. The number of halogens is 1. The number of rotatable bonds is 5. The van der Waals surface area contributed by atoms with Gasteiger partial charge in [-0.1, -0.05) is 25.0 Å². The lowest BCUT2D eigenvalue weighted by Crippen LogP contribution is -2.47. The van der Waals surface area contributed by atoms with Crippen LogP contribution in [-0.4, -0.2) is 18.5 Å². The lowest BCUT2D eigenvalue weighted by atomic mass is 9.85. The van der Waals surface area contributed by atoms with Crippen LogP contribution in [0, 0.1) is 11.2 Å². The first-order valence-electron chi connectivity index (χ1n) is 7.31. The highest BCUT2D eigenvalue weighted by atomic mass is 19.1. The smallest absolute Gasteiger partial charge is 0.227 e. The van der Waals surface area contributed by atoms with E-state index in [0.29, 0.717) is 13.0 Å². The van der Waals surface area contributed by atoms with Gasteiger partial charge >= 0.3 is 0 Å². The molecule has 1 saturated carbocycles. The van der Waals surface area contributed by atoms with Crippen molar-refractivity contribution in [3.05, 3.63) is 35.6 Å². The molecule has 1 aliphatic rings. The van der Waals surface area contributed by atoms with E-state index in [4.69, 9.17) is 5.73 Å². The molecule has 1 atom stereocenters. The molecule has 0 bridgehead atoms. The molecule has 1 unspecified atom stereocenters. The second kappa shape index (κ2) is 6.35. The molecule has 1 aromatic carbocycles. The quantitative estimate of drug-likeness (QED) is 0.869. The fraction of sp³-hybridized carbons (Fsp3) is 0.562. The molecule has 1 aromatic rings. The van der Waals surface area contributed by atoms with Gasteiger partial charge in [0.05, 0.1) is 5.41 Å². The van der Waals surface area contributed by atoms with Crippen LogP contribution in [0.4, 0.5) is 4.39 Å². The Morgan fingerprint density at radius 1 is 1.35 bits per heavy atom. The molecular formula is C16H23FN2O. The fourth-order valence-electron chi connectivity index (χ4n) is 2.98. The van der Waals surface area contributed by atoms with E-state index < -0.39 is 0 Å². The molecule has 0 heterocycles. The predicted molar refractivity (Wildman–Crippen MR) is 77.7 cm³/mol. The van der Waals surface area contributed by atoms with Gasteiger partial charge < -0.3 is 11.1 Å². The Morgan fingerprint density at radius 3 is 2.50 bits per heavy atom. The second-order valence-electron chi connectivity index (χ2n) is 5.90. The number of carbonyl (C=O) groups is 1. The lowest BCUT2D eigenvalue weighted by molar-refractivity contribution is -0.130. The molecule has 3 nitrogen and oxygen atoms in total. The zero-order valence-electron chi connectivity index (χ0n) is 12.0. The SMILES string of the molecule is CC(Cc1ccc(F)cc1)NC(=O)C1(CN)CCCC1. The van der Waals surface area contributed by atoms with Gasteiger partial charge in [0.2, 0.25) is 5.91 Å². The highest BCUT2D eigenvalue weighted by Gasteiger charge is 2.40. The van der Waals surface area contributed by atoms with Gasteiger partial charge in [-0.15, -0.1) is 0 Å². The Balaban J connectivity index is 1.92. The summed E-state index contributed by atoms with van der Waals surface area (Å²) in [5, 5.41) is 3.06. The van der Waals surface area contributed by atoms with Gasteiger partial charge in [0.25, 0.3) is 0 Å². The standard InChI is InChI=1S/C16H23FN2O/c1-12(10-13-4-6-14(17)7-5-13)19-15(20)16(11-18)8-2-3-9-16/h4-7,12H,2-3,8-11,18H2,1H3,(H,19,20). The number of amides is 1. The van der Waals surface area contributed by atoms with E-state index >= 15 is 0 Å². The Labute approximate surface area is 119 Å². The Hall–Kier alpha value is -1.42. The molecule has 0 aliphatic heterocycles. The van der Waals surface area contributed by atoms with Crippen molar-refractivity contribution in [2.75, 3.05) is 6.54 Å². The normalized spacial score (nSPS) is 18.8. The van der Waals surface area contributed by atoms with Gasteiger partial charge in [0.1, 0.15) is 5.82 Å². The van der Waals surface area contributed by atoms with Gasteiger partial charge in [-0.05, 0) is 43.9 Å². The number of benzene rings is 1. The highest BCUT2D eigenvalue weighted by Crippen LogP contribution is 2.37. The van der Waals surface area contributed by atoms with Gasteiger partial charge in [0.15, 0.2) is 0 Å². The molecule has 4 heteroatoms. The summed E-state index contributed by atoms with van der Waals surface area (Å²) in [6.45, 7) is 2.39. The van der Waals surface area contributed by atoms with E-state index in [9.17, 15) is 9.18 Å². The molecular weight excluding hydrogens is 255 g/mol. The number of nitrogens with two attached hydrogens (primary N) is 1. The second-order valence-corrected chi connectivity index (χ2v) is 5.90. The summed E-state index contributed by atoms with van der Waals surface area (Å²) in [4.78, 5) is 12.4. The third-order valence-electron chi connectivity index (χ3n) is 4.27. The largest absolute Gasteiger partial charge is 0.353 e. The van der Waals surface area contributed by atoms with Crippen molar-refractivity contribution in [3.8, 4) is 0 Å². The number of carbonyl (C=O) groups excluding carboxylic acids is 1. The van der Waals surface area contributed by atoms with Crippen LogP contribution >= 0.6 is 0 Å². The van der Waals surface area contributed by atoms with Crippen molar-refractivity contribution in [3.63, 3.8) is 0 Å². The summed E-state index contributed by atoms with van der Waals surface area (Å²) >= 11 is 0. The van der Waals surface area contributed by atoms with Gasteiger partial charge in [-0.3, -0.25) is 4.79 Å². The summed E-state index contributed by atoms with van der Waals surface area (Å²) < 4.78 is 12.9. The van der Waals surface area contributed by atoms with E-state index in [1.54, 1.807) is 12.1 Å². The van der Waals surface area contributed by atoms with Crippen LogP contribution in [0.15, 0.2) is 24.3 Å². The van der Waals surface area contributed by atoms with Crippen molar-refractivity contribution in [2.45, 2.75) is 45.1 Å². The van der Waals surface area contributed by atoms with Gasteiger partial charge in [0, 0.05) is 12.6 Å². The van der Waals surface area contributed by atoms with Crippen LogP contribution in [0.25, 0.3) is 0 Å². The first-order valence-corrected chi connectivity index (χ1v) is 7.31. The van der Waals surface area contributed by atoms with Crippen LogP contribution in [0.5, 0.6) is 0 Å². The monoisotopic (exact) mass is 278 g/mol. The maximum atomic E-state index is 12.9. The van der Waals surface area contributed by atoms with Crippen molar-refractivity contribution in [1.29, 1.82) is 0 Å². The minimum Gasteiger partial charge on any atom is -0.353 e. The summed E-state index contributed by atoms with van der Waals surface area (Å²) in [5.41, 5.74) is 6.47. The molecule has 20 heavy (non-hydrogen) atoms. The van der Waals surface area contributed by atoms with Crippen LogP contribution in [0.3, 0.4) is 0 Å². The topological polar surface area (TPSA) is 55.1 Å². The zero-order valence-corrected chi connectivity index (χ0v) is 12.0. The molecule has 2 rings (SSSR count). The van der Waals surface area contributed by atoms with Crippen LogP contribution in [-0.2, 0) is 11.2 Å². The zero-order chi connectivity index (χ0) is 14.6. The molecule has 1 amide bonds. The Bertz CT molecular complexity index is 452. The maximum Gasteiger partial charge on any atom is 0.227 e. The van der Waals surface area contributed by atoms with Crippen molar-refractivity contribution < 1.29 is 9.18 Å². The summed E-state index contributed by atoms with van der Waals surface area (Å²) in [5.74, 6) is -0.161. The third-order valence-corrected chi connectivity index (χ3v) is 4.27. The van der Waals surface area contributed by atoms with E-state index in [1.807, 2.05) is 6.92 Å². The lowest BCUT2D eigenvalue weighted by Gasteiger charge is -2.28. The average molecular weight is 278 g/mol. The van der Waals surface area contributed by atoms with Gasteiger partial charge in [-0.25, -0.2) is 4.39 Å². The van der Waals surface area contributed by atoms with Crippen molar-refractivity contribution >= 4 is 5.91 Å². The number of hydrogen-bond acceptors (Lipinski definition) is 2. The number of nitrogens with one attached hydrogen (secondary N) is 1. The van der Waals surface area contributed by atoms with E-state index in [-0.39, 0.29) is 23.2 Å². The number of hydrogen-bond donors (Lipinski definition) is 2. The van der Waals surface area contributed by atoms with E-state index in [1.165, 1.54) is 12.1 Å². The minimum absolute atomic E-state index is 0.0250. The average Bonchev–Trinajstić information content (AvgIpc) is 2.91. The molecule has 1 aliphatic carbocycles. The fourth-order valence-corrected chi connectivity index (χ4v) is 2.98. The molecule has 0 spiro atoms. The molecule has 3 N–H and O–H groups in total. The minimum atomic E-state index is -0.364. The summed E-state index contributed by atoms with van der Waals surface area (Å²) in [6.07, 6.45) is 4.64. The highest BCUT2D eigenvalue weighted by molar-refractivity contribution is 5.83. The molecule has 0 saturated heterocycles. The molecule has 1 fully saturated rings. The molecule has 0 radical (unpaired) electrons. The summed E-state index contributed by atoms with van der Waals surface area (Å²) in [7, 11) is 0. The van der Waals surface area contributed by atoms with Crippen LogP contribution in [0.1, 0.15) is 38.2 Å². The van der Waals surface area contributed by atoms with Crippen molar-refractivity contribution in [2.24, 2.45) is 11.1 Å². The van der Waals surface area contributed by atoms with Crippen LogP contribution < -0.4 is 11.1 Å². The van der Waals surface area contributed by atoms with Crippen LogP contribution in [0.2, 0.25) is 0 Å². The predicted octanol–water partition coefficient (Wildman–Crippen LogP) is 2.39. The molecule has 0 aromatic heterocycles. The Morgan fingerprint density at radius 2 is 1.95 bits per heavy atom. The first-order chi connectivity index (χ1) is 9.55. The van der Waals surface area contributed by atoms with E-state index in [2.05, 4.69) is 5.32 Å². The Kier molecular flexibility index (Phi) is 4.76. The van der Waals surface area contributed by atoms with E-state index in [0.717, 1.165) is 31.2 Å². The third kappa shape index (κ3) is 3.37. The maximum absolute atomic E-state index is 12.9. The summed E-state index contributed by atoms with van der Waals surface area (Å²) in [6, 6.07) is 6.43. The van der Waals surface area contributed by atoms with Gasteiger partial charge in [-0.2, -0.15) is 0 Å².